The van der Waals surface area contributed by atoms with Gasteiger partial charge in [0.1, 0.15) is 11.4 Å². The zero-order valence-electron chi connectivity index (χ0n) is 14.1. The van der Waals surface area contributed by atoms with E-state index in [-0.39, 0.29) is 0 Å². The number of nitrogens with zero attached hydrogens (tertiary/aromatic N) is 3. The molecule has 2 aromatic rings. The molecule has 1 aromatic carbocycles. The Morgan fingerprint density at radius 2 is 2.12 bits per heavy atom. The van der Waals surface area contributed by atoms with E-state index >= 15 is 0 Å². The molecule has 0 saturated carbocycles. The van der Waals surface area contributed by atoms with Crippen molar-refractivity contribution in [1.29, 1.82) is 0 Å². The molecule has 0 aliphatic rings. The average molecular weight is 329 g/mol. The van der Waals surface area contributed by atoms with Crippen LogP contribution in [-0.4, -0.2) is 28.0 Å². The fourth-order valence-corrected chi connectivity index (χ4v) is 2.09. The minimum atomic E-state index is -0.519. The van der Waals surface area contributed by atoms with Crippen LogP contribution >= 0.6 is 0 Å². The molecule has 7 nitrogen and oxygen atoms in total. The number of aryl methyl sites for hydroxylation is 1. The standard InChI is InChI=1S/C17H23N5O2/c1-3-4-5-8-11-24-15-10-7-6-9-14(15)12-18-21-16-13(2)20-22-17(23)19-16/h6-7,9-10,12H,3-5,8,11H2,1-2H3,(H2,19,21,22,23)/b18-12+. The Kier molecular flexibility index (Phi) is 6.94. The number of anilines is 1. The molecule has 0 atom stereocenters. The number of hydrogen-bond acceptors (Lipinski definition) is 6. The number of hydrogen-bond donors (Lipinski definition) is 2. The van der Waals surface area contributed by atoms with Gasteiger partial charge in [0.25, 0.3) is 0 Å². The fourth-order valence-electron chi connectivity index (χ4n) is 2.09. The topological polar surface area (TPSA) is 92.3 Å². The molecule has 0 bridgehead atoms. The van der Waals surface area contributed by atoms with E-state index in [0.717, 1.165) is 17.7 Å². The first-order chi connectivity index (χ1) is 11.7. The van der Waals surface area contributed by atoms with Crippen LogP contribution in [0.25, 0.3) is 0 Å². The highest BCUT2D eigenvalue weighted by Crippen LogP contribution is 2.16. The lowest BCUT2D eigenvalue weighted by Crippen LogP contribution is -2.15. The average Bonchev–Trinajstić information content (AvgIpc) is 2.59. The van der Waals surface area contributed by atoms with Crippen molar-refractivity contribution >= 4 is 12.0 Å². The van der Waals surface area contributed by atoms with Gasteiger partial charge in [0.05, 0.1) is 12.8 Å². The molecule has 7 heteroatoms. The van der Waals surface area contributed by atoms with E-state index in [1.54, 1.807) is 13.1 Å². The van der Waals surface area contributed by atoms with E-state index in [0.29, 0.717) is 18.1 Å². The molecule has 0 fully saturated rings. The lowest BCUT2D eigenvalue weighted by atomic mass is 10.2. The Balaban J connectivity index is 1.96. The molecule has 0 aliphatic heterocycles. The van der Waals surface area contributed by atoms with E-state index in [4.69, 9.17) is 4.74 Å². The Bertz CT molecular complexity index is 727. The SMILES string of the molecule is CCCCCCOc1ccccc1/C=N/Nc1nc(=O)[nH]nc1C. The van der Waals surface area contributed by atoms with Crippen LogP contribution in [-0.2, 0) is 0 Å². The quantitative estimate of drug-likeness (QED) is 0.419. The van der Waals surface area contributed by atoms with E-state index in [1.807, 2.05) is 24.3 Å². The number of H-pyrrole nitrogens is 1. The molecule has 0 spiro atoms. The van der Waals surface area contributed by atoms with Gasteiger partial charge in [-0.25, -0.2) is 9.89 Å². The summed E-state index contributed by atoms with van der Waals surface area (Å²) < 4.78 is 5.83. The molecule has 0 aliphatic carbocycles. The van der Waals surface area contributed by atoms with Crippen molar-refractivity contribution in [2.45, 2.75) is 39.5 Å². The van der Waals surface area contributed by atoms with Crippen LogP contribution < -0.4 is 15.9 Å². The second-order valence-electron chi connectivity index (χ2n) is 5.39. The van der Waals surface area contributed by atoms with E-state index in [2.05, 4.69) is 32.6 Å². The van der Waals surface area contributed by atoms with Crippen molar-refractivity contribution in [3.05, 3.63) is 46.0 Å². The van der Waals surface area contributed by atoms with Gasteiger partial charge in [-0.2, -0.15) is 15.2 Å². The molecule has 2 rings (SSSR count). The predicted octanol–water partition coefficient (Wildman–Crippen LogP) is 2.88. The number of aromatic amines is 1. The van der Waals surface area contributed by atoms with Crippen LogP contribution in [0.1, 0.15) is 43.9 Å². The van der Waals surface area contributed by atoms with Gasteiger partial charge in [0.15, 0.2) is 5.82 Å². The van der Waals surface area contributed by atoms with Gasteiger partial charge in [0, 0.05) is 5.56 Å². The second kappa shape index (κ2) is 9.44. The fraction of sp³-hybridized carbons (Fsp3) is 0.412. The highest BCUT2D eigenvalue weighted by Gasteiger charge is 2.02. The van der Waals surface area contributed by atoms with Crippen LogP contribution in [0, 0.1) is 6.92 Å². The van der Waals surface area contributed by atoms with Gasteiger partial charge in [-0.3, -0.25) is 5.43 Å². The lowest BCUT2D eigenvalue weighted by Gasteiger charge is -2.08. The number of ether oxygens (including phenoxy) is 1. The molecular weight excluding hydrogens is 306 g/mol. The van der Waals surface area contributed by atoms with Gasteiger partial charge in [-0.1, -0.05) is 38.3 Å². The molecule has 1 heterocycles. The number of hydrazone groups is 1. The molecule has 2 N–H and O–H groups in total. The van der Waals surface area contributed by atoms with Crippen molar-refractivity contribution in [3.8, 4) is 5.75 Å². The molecular formula is C17H23N5O2. The number of rotatable bonds is 9. The number of unbranched alkanes of at least 4 members (excludes halogenated alkanes) is 3. The van der Waals surface area contributed by atoms with E-state index < -0.39 is 5.69 Å². The third-order valence-electron chi connectivity index (χ3n) is 3.42. The third-order valence-corrected chi connectivity index (χ3v) is 3.42. The van der Waals surface area contributed by atoms with Crippen LogP contribution in [0.5, 0.6) is 5.75 Å². The van der Waals surface area contributed by atoms with Crippen molar-refractivity contribution in [3.63, 3.8) is 0 Å². The summed E-state index contributed by atoms with van der Waals surface area (Å²) in [5.41, 5.74) is 3.63. The summed E-state index contributed by atoms with van der Waals surface area (Å²) in [5.74, 6) is 1.11. The molecule has 1 aromatic heterocycles. The normalized spacial score (nSPS) is 10.9. The number of benzene rings is 1. The first-order valence-corrected chi connectivity index (χ1v) is 8.15. The smallest absolute Gasteiger partial charge is 0.363 e. The number of aromatic nitrogens is 3. The van der Waals surface area contributed by atoms with Gasteiger partial charge in [-0.15, -0.1) is 0 Å². The Morgan fingerprint density at radius 1 is 1.29 bits per heavy atom. The molecule has 128 valence electrons. The van der Waals surface area contributed by atoms with Crippen molar-refractivity contribution in [2.75, 3.05) is 12.0 Å². The van der Waals surface area contributed by atoms with Gasteiger partial charge in [0.2, 0.25) is 0 Å². The first kappa shape index (κ1) is 17.7. The summed E-state index contributed by atoms with van der Waals surface area (Å²) in [7, 11) is 0. The van der Waals surface area contributed by atoms with Crippen LogP contribution in [0.15, 0.2) is 34.2 Å². The Hall–Kier alpha value is -2.70. The van der Waals surface area contributed by atoms with Crippen molar-refractivity contribution in [2.24, 2.45) is 5.10 Å². The molecule has 0 amide bonds. The summed E-state index contributed by atoms with van der Waals surface area (Å²) in [6.45, 7) is 4.61. The maximum atomic E-state index is 11.2. The zero-order chi connectivity index (χ0) is 17.2. The molecule has 0 saturated heterocycles. The predicted molar refractivity (Wildman–Crippen MR) is 94.7 cm³/mol. The second-order valence-corrected chi connectivity index (χ2v) is 5.39. The summed E-state index contributed by atoms with van der Waals surface area (Å²) in [6, 6.07) is 7.68. The largest absolute Gasteiger partial charge is 0.493 e. The molecule has 0 unspecified atom stereocenters. The Morgan fingerprint density at radius 3 is 2.96 bits per heavy atom. The van der Waals surface area contributed by atoms with Crippen LogP contribution in [0.2, 0.25) is 0 Å². The summed E-state index contributed by atoms with van der Waals surface area (Å²) in [4.78, 5) is 15.0. The van der Waals surface area contributed by atoms with Crippen LogP contribution in [0.4, 0.5) is 5.82 Å². The number of nitrogens with one attached hydrogen (secondary N) is 2. The van der Waals surface area contributed by atoms with Gasteiger partial charge >= 0.3 is 5.69 Å². The van der Waals surface area contributed by atoms with Crippen molar-refractivity contribution < 1.29 is 4.74 Å². The summed E-state index contributed by atoms with van der Waals surface area (Å²) >= 11 is 0. The highest BCUT2D eigenvalue weighted by molar-refractivity contribution is 5.83. The van der Waals surface area contributed by atoms with Gasteiger partial charge in [-0.05, 0) is 25.5 Å². The summed E-state index contributed by atoms with van der Waals surface area (Å²) in [5, 5.41) is 10.2. The maximum absolute atomic E-state index is 11.2. The van der Waals surface area contributed by atoms with Crippen LogP contribution in [0.3, 0.4) is 0 Å². The van der Waals surface area contributed by atoms with E-state index in [1.165, 1.54) is 19.3 Å². The molecule has 0 radical (unpaired) electrons. The molecule has 24 heavy (non-hydrogen) atoms. The minimum absolute atomic E-state index is 0.327. The first-order valence-electron chi connectivity index (χ1n) is 8.15. The zero-order valence-corrected chi connectivity index (χ0v) is 14.1. The lowest BCUT2D eigenvalue weighted by molar-refractivity contribution is 0.304. The maximum Gasteiger partial charge on any atom is 0.363 e. The van der Waals surface area contributed by atoms with Gasteiger partial charge < -0.3 is 4.74 Å². The monoisotopic (exact) mass is 329 g/mol. The van der Waals surface area contributed by atoms with Crippen molar-refractivity contribution in [1.82, 2.24) is 15.2 Å². The highest BCUT2D eigenvalue weighted by atomic mass is 16.5. The Labute approximate surface area is 141 Å². The summed E-state index contributed by atoms with van der Waals surface area (Å²) in [6.07, 6.45) is 6.30. The third kappa shape index (κ3) is 5.49. The van der Waals surface area contributed by atoms with E-state index in [9.17, 15) is 4.79 Å². The minimum Gasteiger partial charge on any atom is -0.493 e. The number of para-hydroxylation sites is 1.